The van der Waals surface area contributed by atoms with Crippen LogP contribution in [0.1, 0.15) is 44.1 Å². The fourth-order valence-electron chi connectivity index (χ4n) is 2.92. The Bertz CT molecular complexity index is 513. The van der Waals surface area contributed by atoms with Gasteiger partial charge in [0.2, 0.25) is 0 Å². The molecule has 1 N–H and O–H groups in total. The molecule has 1 fully saturated rings. The van der Waals surface area contributed by atoms with Crippen molar-refractivity contribution in [2.24, 2.45) is 4.99 Å². The average molecular weight is 337 g/mol. The van der Waals surface area contributed by atoms with E-state index < -0.39 is 0 Å². The van der Waals surface area contributed by atoms with Gasteiger partial charge >= 0.3 is 0 Å². The van der Waals surface area contributed by atoms with Gasteiger partial charge in [-0.1, -0.05) is 53.1 Å². The van der Waals surface area contributed by atoms with Crippen LogP contribution in [0, 0.1) is 0 Å². The van der Waals surface area contributed by atoms with E-state index in [0.29, 0.717) is 0 Å². The van der Waals surface area contributed by atoms with Gasteiger partial charge in [-0.05, 0) is 37.8 Å². The SMILES string of the molecule is S=C1NC2(CCCCCC2)N=C1c1ccc(Br)cc1. The first-order valence-corrected chi connectivity index (χ1v) is 8.07. The number of hydrogen-bond donors (Lipinski definition) is 1. The van der Waals surface area contributed by atoms with Crippen LogP contribution in [0.4, 0.5) is 0 Å². The normalized spacial score (nSPS) is 21.9. The summed E-state index contributed by atoms with van der Waals surface area (Å²) in [5.74, 6) is 0. The van der Waals surface area contributed by atoms with Gasteiger partial charge in [0.15, 0.2) is 0 Å². The van der Waals surface area contributed by atoms with Crippen molar-refractivity contribution in [1.29, 1.82) is 0 Å². The van der Waals surface area contributed by atoms with E-state index in [2.05, 4.69) is 33.4 Å². The molecule has 19 heavy (non-hydrogen) atoms. The summed E-state index contributed by atoms with van der Waals surface area (Å²) >= 11 is 8.96. The lowest BCUT2D eigenvalue weighted by Crippen LogP contribution is -2.41. The lowest BCUT2D eigenvalue weighted by Gasteiger charge is -2.24. The summed E-state index contributed by atoms with van der Waals surface area (Å²) < 4.78 is 1.08. The summed E-state index contributed by atoms with van der Waals surface area (Å²) in [6, 6.07) is 8.23. The number of nitrogens with one attached hydrogen (secondary N) is 1. The van der Waals surface area contributed by atoms with Gasteiger partial charge in [-0.15, -0.1) is 0 Å². The molecule has 1 aliphatic carbocycles. The number of halogens is 1. The highest BCUT2D eigenvalue weighted by atomic mass is 79.9. The largest absolute Gasteiger partial charge is 0.351 e. The number of thiocarbonyl (C=S) groups is 1. The van der Waals surface area contributed by atoms with Crippen LogP contribution in [-0.4, -0.2) is 16.4 Å². The fraction of sp³-hybridized carbons (Fsp3) is 0.467. The van der Waals surface area contributed by atoms with Crippen LogP contribution < -0.4 is 5.32 Å². The Morgan fingerprint density at radius 2 is 1.68 bits per heavy atom. The molecule has 0 atom stereocenters. The Kier molecular flexibility index (Phi) is 3.72. The molecule has 2 aliphatic rings. The molecule has 0 bridgehead atoms. The standard InChI is InChI=1S/C15H17BrN2S/c16-12-7-5-11(6-8-12)13-14(19)18-15(17-13)9-3-1-2-4-10-15/h5-8H,1-4,9-10H2,(H,18,19). The van der Waals surface area contributed by atoms with E-state index in [1.165, 1.54) is 25.7 Å². The average Bonchev–Trinajstić information content (AvgIpc) is 2.58. The van der Waals surface area contributed by atoms with E-state index in [-0.39, 0.29) is 5.66 Å². The number of aliphatic imine (C=N–C) groups is 1. The van der Waals surface area contributed by atoms with E-state index in [4.69, 9.17) is 17.2 Å². The lowest BCUT2D eigenvalue weighted by molar-refractivity contribution is 0.360. The van der Waals surface area contributed by atoms with Crippen molar-refractivity contribution in [3.05, 3.63) is 34.3 Å². The molecule has 2 nitrogen and oxygen atoms in total. The van der Waals surface area contributed by atoms with E-state index in [0.717, 1.165) is 33.6 Å². The predicted octanol–water partition coefficient (Wildman–Crippen LogP) is 4.22. The van der Waals surface area contributed by atoms with Crippen molar-refractivity contribution in [1.82, 2.24) is 5.32 Å². The first-order chi connectivity index (χ1) is 9.19. The summed E-state index contributed by atoms with van der Waals surface area (Å²) in [5, 5.41) is 3.49. The summed E-state index contributed by atoms with van der Waals surface area (Å²) in [4.78, 5) is 5.78. The van der Waals surface area contributed by atoms with Crippen molar-refractivity contribution in [3.8, 4) is 0 Å². The van der Waals surface area contributed by atoms with Crippen molar-refractivity contribution >= 4 is 38.8 Å². The smallest absolute Gasteiger partial charge is 0.131 e. The van der Waals surface area contributed by atoms with Crippen LogP contribution in [0.5, 0.6) is 0 Å². The Hall–Kier alpha value is -0.740. The Morgan fingerprint density at radius 1 is 1.05 bits per heavy atom. The second-order valence-electron chi connectivity index (χ2n) is 5.37. The second-order valence-corrected chi connectivity index (χ2v) is 6.69. The maximum atomic E-state index is 5.50. The maximum Gasteiger partial charge on any atom is 0.131 e. The summed E-state index contributed by atoms with van der Waals surface area (Å²) in [6.07, 6.45) is 7.33. The molecule has 0 saturated heterocycles. The van der Waals surface area contributed by atoms with E-state index >= 15 is 0 Å². The van der Waals surface area contributed by atoms with Crippen LogP contribution >= 0.6 is 28.1 Å². The summed E-state index contributed by atoms with van der Waals surface area (Å²) in [5.41, 5.74) is 1.96. The first kappa shape index (κ1) is 13.3. The third kappa shape index (κ3) is 2.75. The van der Waals surface area contributed by atoms with Crippen LogP contribution in [0.2, 0.25) is 0 Å². The lowest BCUT2D eigenvalue weighted by atomic mass is 10.0. The van der Waals surface area contributed by atoms with E-state index in [1.807, 2.05) is 12.1 Å². The molecule has 3 rings (SSSR count). The van der Waals surface area contributed by atoms with Gasteiger partial charge in [-0.25, -0.2) is 0 Å². The highest BCUT2D eigenvalue weighted by molar-refractivity contribution is 9.10. The quantitative estimate of drug-likeness (QED) is 0.776. The third-order valence-electron chi connectivity index (χ3n) is 3.94. The zero-order valence-electron chi connectivity index (χ0n) is 10.8. The van der Waals surface area contributed by atoms with Crippen molar-refractivity contribution in [3.63, 3.8) is 0 Å². The minimum absolute atomic E-state index is 0.115. The molecule has 100 valence electrons. The van der Waals surface area contributed by atoms with Crippen molar-refractivity contribution in [2.75, 3.05) is 0 Å². The van der Waals surface area contributed by atoms with Crippen molar-refractivity contribution < 1.29 is 0 Å². The number of benzene rings is 1. The van der Waals surface area contributed by atoms with Crippen molar-refractivity contribution in [2.45, 2.75) is 44.2 Å². The molecule has 1 saturated carbocycles. The zero-order valence-corrected chi connectivity index (χ0v) is 13.2. The highest BCUT2D eigenvalue weighted by Gasteiger charge is 2.37. The Morgan fingerprint density at radius 3 is 2.32 bits per heavy atom. The molecule has 0 unspecified atom stereocenters. The summed E-state index contributed by atoms with van der Waals surface area (Å²) in [6.45, 7) is 0. The molecule has 4 heteroatoms. The van der Waals surface area contributed by atoms with Gasteiger partial charge < -0.3 is 5.32 Å². The maximum absolute atomic E-state index is 5.50. The molecule has 1 aliphatic heterocycles. The van der Waals surface area contributed by atoms with Crippen LogP contribution in [0.3, 0.4) is 0 Å². The molecular weight excluding hydrogens is 320 g/mol. The minimum Gasteiger partial charge on any atom is -0.351 e. The molecule has 0 aromatic heterocycles. The van der Waals surface area contributed by atoms with E-state index in [1.54, 1.807) is 0 Å². The fourth-order valence-corrected chi connectivity index (χ4v) is 3.53. The number of nitrogens with zero attached hydrogens (tertiary/aromatic N) is 1. The Labute approximate surface area is 127 Å². The van der Waals surface area contributed by atoms with Crippen LogP contribution in [0.15, 0.2) is 33.7 Å². The van der Waals surface area contributed by atoms with E-state index in [9.17, 15) is 0 Å². The van der Waals surface area contributed by atoms with Gasteiger partial charge in [0, 0.05) is 10.0 Å². The Balaban J connectivity index is 1.92. The van der Waals surface area contributed by atoms with Gasteiger partial charge in [0.25, 0.3) is 0 Å². The minimum atomic E-state index is -0.115. The second kappa shape index (κ2) is 5.33. The monoisotopic (exact) mass is 336 g/mol. The zero-order chi connectivity index (χ0) is 13.3. The molecule has 1 heterocycles. The molecule has 1 aromatic carbocycles. The molecule has 1 aromatic rings. The van der Waals surface area contributed by atoms with Gasteiger partial charge in [-0.3, -0.25) is 4.99 Å². The number of hydrogen-bond acceptors (Lipinski definition) is 2. The highest BCUT2D eigenvalue weighted by Crippen LogP contribution is 2.32. The molecular formula is C15H17BrN2S. The molecule has 1 spiro atoms. The summed E-state index contributed by atoms with van der Waals surface area (Å²) in [7, 11) is 0. The number of rotatable bonds is 1. The van der Waals surface area contributed by atoms with Gasteiger partial charge in [-0.2, -0.15) is 0 Å². The molecule has 0 radical (unpaired) electrons. The third-order valence-corrected chi connectivity index (χ3v) is 4.76. The first-order valence-electron chi connectivity index (χ1n) is 6.87. The molecule has 0 amide bonds. The van der Waals surface area contributed by atoms with Gasteiger partial charge in [0.1, 0.15) is 16.4 Å². The van der Waals surface area contributed by atoms with Crippen LogP contribution in [0.25, 0.3) is 0 Å². The van der Waals surface area contributed by atoms with Crippen LogP contribution in [-0.2, 0) is 0 Å². The predicted molar refractivity (Wildman–Crippen MR) is 86.8 cm³/mol. The topological polar surface area (TPSA) is 24.4 Å². The van der Waals surface area contributed by atoms with Gasteiger partial charge in [0.05, 0.1) is 0 Å².